The lowest BCUT2D eigenvalue weighted by Gasteiger charge is -2.33. The van der Waals surface area contributed by atoms with Gasteiger partial charge in [-0.2, -0.15) is 0 Å². The monoisotopic (exact) mass is 548 g/mol. The summed E-state index contributed by atoms with van der Waals surface area (Å²) in [6, 6.07) is 22.9. The fraction of sp³-hybridized carbons (Fsp3) is 0.207. The quantitative estimate of drug-likeness (QED) is 0.431. The number of nitrogens with zero attached hydrogens (tertiary/aromatic N) is 2. The molecule has 0 aliphatic carbocycles. The van der Waals surface area contributed by atoms with Gasteiger partial charge in [0.05, 0.1) is 29.9 Å². The second-order valence-electron chi connectivity index (χ2n) is 9.14. The molecule has 0 radical (unpaired) electrons. The van der Waals surface area contributed by atoms with Crippen LogP contribution in [-0.2, 0) is 9.59 Å². The van der Waals surface area contributed by atoms with Crippen molar-refractivity contribution in [2.24, 2.45) is 0 Å². The molecule has 2 aliphatic heterocycles. The first kappa shape index (κ1) is 25.8. The molecule has 9 heteroatoms. The van der Waals surface area contributed by atoms with Gasteiger partial charge in [0.1, 0.15) is 6.54 Å². The standard InChI is InChI=1S/C29H26Cl2N4O3/c1-2-35-23-16-34(28(37)25(23)27(33-29(35)38)21-14-13-20(30)15-22(21)31)17-24(36)32-26(18-9-5-3-6-10-18)19-11-7-4-8-12-19/h3-15,26-27H,2,16-17H2,1H3,(H,32,36)(H,33,38)/t27-/m1/s1. The first-order valence-corrected chi connectivity index (χ1v) is 13.1. The van der Waals surface area contributed by atoms with Crippen LogP contribution in [-0.4, -0.2) is 47.3 Å². The minimum atomic E-state index is -0.744. The van der Waals surface area contributed by atoms with Crippen LogP contribution in [0.2, 0.25) is 10.0 Å². The molecule has 0 saturated heterocycles. The molecule has 0 fully saturated rings. The van der Waals surface area contributed by atoms with E-state index in [2.05, 4.69) is 10.6 Å². The Morgan fingerprint density at radius 2 is 1.63 bits per heavy atom. The van der Waals surface area contributed by atoms with Gasteiger partial charge in [-0.25, -0.2) is 4.79 Å². The Balaban J connectivity index is 1.40. The van der Waals surface area contributed by atoms with Crippen LogP contribution in [0.3, 0.4) is 0 Å². The van der Waals surface area contributed by atoms with Crippen LogP contribution in [0.25, 0.3) is 0 Å². The molecule has 38 heavy (non-hydrogen) atoms. The number of benzene rings is 3. The molecule has 2 N–H and O–H groups in total. The van der Waals surface area contributed by atoms with Crippen molar-refractivity contribution >= 4 is 41.0 Å². The first-order chi connectivity index (χ1) is 18.4. The number of rotatable bonds is 7. The number of amides is 4. The number of carbonyl (C=O) groups is 3. The van der Waals surface area contributed by atoms with E-state index in [4.69, 9.17) is 23.2 Å². The van der Waals surface area contributed by atoms with Gasteiger partial charge >= 0.3 is 6.03 Å². The van der Waals surface area contributed by atoms with Crippen molar-refractivity contribution < 1.29 is 14.4 Å². The van der Waals surface area contributed by atoms with Gasteiger partial charge in [0.25, 0.3) is 5.91 Å². The zero-order valence-corrected chi connectivity index (χ0v) is 22.2. The highest BCUT2D eigenvalue weighted by Crippen LogP contribution is 2.39. The summed E-state index contributed by atoms with van der Waals surface area (Å²) in [5, 5.41) is 6.78. The van der Waals surface area contributed by atoms with Crippen LogP contribution in [0.4, 0.5) is 4.79 Å². The molecule has 2 heterocycles. The van der Waals surface area contributed by atoms with Crippen LogP contribution in [0, 0.1) is 0 Å². The molecule has 194 valence electrons. The summed E-state index contributed by atoms with van der Waals surface area (Å²) >= 11 is 12.5. The van der Waals surface area contributed by atoms with Gasteiger partial charge in [0.2, 0.25) is 5.91 Å². The van der Waals surface area contributed by atoms with Crippen molar-refractivity contribution in [1.82, 2.24) is 20.4 Å². The molecule has 3 aromatic carbocycles. The van der Waals surface area contributed by atoms with Crippen molar-refractivity contribution in [3.05, 3.63) is 117 Å². The zero-order valence-electron chi connectivity index (χ0n) is 20.7. The lowest BCUT2D eigenvalue weighted by Crippen LogP contribution is -2.47. The van der Waals surface area contributed by atoms with E-state index in [1.165, 1.54) is 9.80 Å². The molecule has 0 spiro atoms. The Bertz CT molecular complexity index is 1370. The topological polar surface area (TPSA) is 81.8 Å². The van der Waals surface area contributed by atoms with Crippen LogP contribution >= 0.6 is 23.2 Å². The molecule has 0 bridgehead atoms. The third-order valence-corrected chi connectivity index (χ3v) is 7.35. The summed E-state index contributed by atoms with van der Waals surface area (Å²) in [6.45, 7) is 2.20. The Morgan fingerprint density at radius 1 is 1.00 bits per heavy atom. The first-order valence-electron chi connectivity index (χ1n) is 12.3. The predicted molar refractivity (Wildman–Crippen MR) is 147 cm³/mol. The molecule has 2 aliphatic rings. The largest absolute Gasteiger partial charge is 0.344 e. The van der Waals surface area contributed by atoms with Crippen molar-refractivity contribution in [3.8, 4) is 0 Å². The van der Waals surface area contributed by atoms with Gasteiger partial charge in [0, 0.05) is 16.6 Å². The van der Waals surface area contributed by atoms with E-state index in [-0.39, 0.29) is 37.0 Å². The van der Waals surface area contributed by atoms with Gasteiger partial charge < -0.3 is 15.5 Å². The third-order valence-electron chi connectivity index (χ3n) is 6.79. The number of hydrogen-bond acceptors (Lipinski definition) is 3. The Labute approximate surface area is 231 Å². The minimum Gasteiger partial charge on any atom is -0.344 e. The lowest BCUT2D eigenvalue weighted by atomic mass is 9.95. The fourth-order valence-corrected chi connectivity index (χ4v) is 5.53. The number of hydrogen-bond donors (Lipinski definition) is 2. The highest BCUT2D eigenvalue weighted by atomic mass is 35.5. The lowest BCUT2D eigenvalue weighted by molar-refractivity contribution is -0.132. The average Bonchev–Trinajstić information content (AvgIpc) is 3.23. The van der Waals surface area contributed by atoms with Gasteiger partial charge in [-0.15, -0.1) is 0 Å². The number of nitrogens with one attached hydrogen (secondary N) is 2. The highest BCUT2D eigenvalue weighted by molar-refractivity contribution is 6.35. The summed E-state index contributed by atoms with van der Waals surface area (Å²) < 4.78 is 0. The van der Waals surface area contributed by atoms with E-state index < -0.39 is 6.04 Å². The molecule has 0 unspecified atom stereocenters. The molecule has 4 amide bonds. The van der Waals surface area contributed by atoms with Crippen molar-refractivity contribution in [2.45, 2.75) is 19.0 Å². The van der Waals surface area contributed by atoms with Crippen molar-refractivity contribution in [2.75, 3.05) is 19.6 Å². The normalized spacial score (nSPS) is 17.1. The third kappa shape index (κ3) is 4.99. The van der Waals surface area contributed by atoms with Crippen LogP contribution in [0.5, 0.6) is 0 Å². The maximum absolute atomic E-state index is 13.7. The molecule has 0 saturated carbocycles. The van der Waals surface area contributed by atoms with Crippen LogP contribution < -0.4 is 10.6 Å². The molecule has 3 aromatic rings. The summed E-state index contributed by atoms with van der Waals surface area (Å²) in [6.07, 6.45) is 0. The second kappa shape index (κ2) is 10.9. The zero-order chi connectivity index (χ0) is 26.8. The average molecular weight is 549 g/mol. The Morgan fingerprint density at radius 3 is 2.21 bits per heavy atom. The smallest absolute Gasteiger partial charge is 0.322 e. The van der Waals surface area contributed by atoms with Crippen molar-refractivity contribution in [3.63, 3.8) is 0 Å². The summed E-state index contributed by atoms with van der Waals surface area (Å²) in [5.41, 5.74) is 3.42. The number of likely N-dealkylation sites (N-methyl/N-ethyl adjacent to an activating group) is 1. The maximum atomic E-state index is 13.7. The molecular weight excluding hydrogens is 523 g/mol. The molecule has 1 atom stereocenters. The molecule has 5 rings (SSSR count). The van der Waals surface area contributed by atoms with E-state index >= 15 is 0 Å². The van der Waals surface area contributed by atoms with Gasteiger partial charge in [-0.05, 0) is 35.7 Å². The fourth-order valence-electron chi connectivity index (χ4n) is 5.01. The predicted octanol–water partition coefficient (Wildman–Crippen LogP) is 5.08. The summed E-state index contributed by atoms with van der Waals surface area (Å²) in [4.78, 5) is 42.9. The second-order valence-corrected chi connectivity index (χ2v) is 9.98. The number of halogens is 2. The summed E-state index contributed by atoms with van der Waals surface area (Å²) in [5.74, 6) is -0.625. The minimum absolute atomic E-state index is 0.145. The van der Waals surface area contributed by atoms with Gasteiger partial charge in [0.15, 0.2) is 0 Å². The van der Waals surface area contributed by atoms with E-state index in [1.807, 2.05) is 67.6 Å². The van der Waals surface area contributed by atoms with Crippen LogP contribution in [0.15, 0.2) is 90.1 Å². The van der Waals surface area contributed by atoms with Crippen molar-refractivity contribution in [1.29, 1.82) is 0 Å². The van der Waals surface area contributed by atoms with E-state index in [9.17, 15) is 14.4 Å². The number of carbonyl (C=O) groups excluding carboxylic acids is 3. The molecular formula is C29H26Cl2N4O3. The highest BCUT2D eigenvalue weighted by Gasteiger charge is 2.44. The number of urea groups is 1. The molecule has 7 nitrogen and oxygen atoms in total. The van der Waals surface area contributed by atoms with E-state index in [0.717, 1.165) is 11.1 Å². The molecule has 0 aromatic heterocycles. The van der Waals surface area contributed by atoms with E-state index in [0.29, 0.717) is 33.4 Å². The maximum Gasteiger partial charge on any atom is 0.322 e. The Kier molecular flexibility index (Phi) is 7.40. The van der Waals surface area contributed by atoms with Gasteiger partial charge in [-0.3, -0.25) is 14.5 Å². The SMILES string of the molecule is CCN1C(=O)N[C@H](c2ccc(Cl)cc2Cl)C2=C1CN(CC(=O)NC(c1ccccc1)c1ccccc1)C2=O. The van der Waals surface area contributed by atoms with Crippen LogP contribution in [0.1, 0.15) is 35.7 Å². The summed E-state index contributed by atoms with van der Waals surface area (Å²) in [7, 11) is 0. The van der Waals surface area contributed by atoms with Gasteiger partial charge in [-0.1, -0.05) is 89.9 Å². The Hall–Kier alpha value is -3.81. The van der Waals surface area contributed by atoms with E-state index in [1.54, 1.807) is 18.2 Å².